The molecule has 0 saturated heterocycles. The SMILES string of the molecule is CCCCCC1(O)CCCC(C)(C)CC1. The van der Waals surface area contributed by atoms with E-state index in [-0.39, 0.29) is 5.60 Å². The fourth-order valence-corrected chi connectivity index (χ4v) is 2.67. The quantitative estimate of drug-likeness (QED) is 0.544. The molecule has 0 radical (unpaired) electrons. The molecule has 15 heavy (non-hydrogen) atoms. The Kier molecular flexibility index (Phi) is 4.64. The molecular formula is C14H28O. The van der Waals surface area contributed by atoms with E-state index in [1.54, 1.807) is 0 Å². The van der Waals surface area contributed by atoms with Gasteiger partial charge in [0.05, 0.1) is 5.60 Å². The summed E-state index contributed by atoms with van der Waals surface area (Å²) in [5.41, 5.74) is 0.123. The Morgan fingerprint density at radius 2 is 1.73 bits per heavy atom. The zero-order valence-electron chi connectivity index (χ0n) is 10.8. The highest BCUT2D eigenvalue weighted by Crippen LogP contribution is 2.39. The van der Waals surface area contributed by atoms with Crippen molar-refractivity contribution in [3.63, 3.8) is 0 Å². The molecule has 0 aromatic heterocycles. The summed E-state index contributed by atoms with van der Waals surface area (Å²) >= 11 is 0. The van der Waals surface area contributed by atoms with Crippen LogP contribution in [0.4, 0.5) is 0 Å². The zero-order valence-corrected chi connectivity index (χ0v) is 10.8. The van der Waals surface area contributed by atoms with Crippen LogP contribution in [0, 0.1) is 5.41 Å². The molecule has 0 amide bonds. The molecule has 0 aromatic rings. The Bertz CT molecular complexity index is 186. The lowest BCUT2D eigenvalue weighted by Crippen LogP contribution is -2.28. The van der Waals surface area contributed by atoms with Crippen LogP contribution in [-0.4, -0.2) is 10.7 Å². The van der Waals surface area contributed by atoms with Crippen molar-refractivity contribution in [3.05, 3.63) is 0 Å². The second-order valence-electron chi connectivity index (χ2n) is 6.20. The first kappa shape index (κ1) is 13.0. The van der Waals surface area contributed by atoms with Gasteiger partial charge in [0.25, 0.3) is 0 Å². The van der Waals surface area contributed by atoms with Gasteiger partial charge in [-0.3, -0.25) is 0 Å². The van der Waals surface area contributed by atoms with Crippen LogP contribution >= 0.6 is 0 Å². The molecular weight excluding hydrogens is 184 g/mol. The third-order valence-corrected chi connectivity index (χ3v) is 4.01. The summed E-state index contributed by atoms with van der Waals surface area (Å²) in [4.78, 5) is 0. The highest BCUT2D eigenvalue weighted by molar-refractivity contribution is 4.86. The maximum Gasteiger partial charge on any atom is 0.0648 e. The molecule has 0 spiro atoms. The summed E-state index contributed by atoms with van der Waals surface area (Å²) in [5.74, 6) is 0. The summed E-state index contributed by atoms with van der Waals surface area (Å²) in [6.45, 7) is 6.90. The molecule has 1 aliphatic rings. The van der Waals surface area contributed by atoms with E-state index in [4.69, 9.17) is 0 Å². The maximum absolute atomic E-state index is 10.5. The molecule has 1 aliphatic carbocycles. The van der Waals surface area contributed by atoms with Gasteiger partial charge in [0, 0.05) is 0 Å². The standard InChI is InChI=1S/C14H28O/c1-4-5-6-9-14(15)10-7-8-13(2,3)11-12-14/h15H,4-12H2,1-3H3. The van der Waals surface area contributed by atoms with E-state index in [0.717, 1.165) is 19.3 Å². The highest BCUT2D eigenvalue weighted by Gasteiger charge is 2.32. The van der Waals surface area contributed by atoms with E-state index in [0.29, 0.717) is 5.41 Å². The van der Waals surface area contributed by atoms with Crippen LogP contribution in [0.2, 0.25) is 0 Å². The molecule has 1 heteroatoms. The Hall–Kier alpha value is -0.0400. The molecule has 90 valence electrons. The second kappa shape index (κ2) is 5.34. The van der Waals surface area contributed by atoms with E-state index in [9.17, 15) is 5.11 Å². The number of hydrogen-bond donors (Lipinski definition) is 1. The molecule has 1 fully saturated rings. The van der Waals surface area contributed by atoms with Crippen molar-refractivity contribution < 1.29 is 5.11 Å². The van der Waals surface area contributed by atoms with Gasteiger partial charge < -0.3 is 5.11 Å². The van der Waals surface area contributed by atoms with Crippen LogP contribution in [0.5, 0.6) is 0 Å². The fraction of sp³-hybridized carbons (Fsp3) is 1.00. The van der Waals surface area contributed by atoms with Gasteiger partial charge in [-0.25, -0.2) is 0 Å². The molecule has 1 atom stereocenters. The Balaban J connectivity index is 2.40. The predicted octanol–water partition coefficient (Wildman–Crippen LogP) is 4.29. The van der Waals surface area contributed by atoms with Gasteiger partial charge in [-0.15, -0.1) is 0 Å². The minimum Gasteiger partial charge on any atom is -0.390 e. The molecule has 1 unspecified atom stereocenters. The maximum atomic E-state index is 10.5. The van der Waals surface area contributed by atoms with Crippen molar-refractivity contribution in [1.29, 1.82) is 0 Å². The summed E-state index contributed by atoms with van der Waals surface area (Å²) in [6.07, 6.45) is 10.5. The summed E-state index contributed by atoms with van der Waals surface area (Å²) in [5, 5.41) is 10.5. The van der Waals surface area contributed by atoms with Crippen LogP contribution in [-0.2, 0) is 0 Å². The third kappa shape index (κ3) is 4.55. The van der Waals surface area contributed by atoms with E-state index in [1.807, 2.05) is 0 Å². The van der Waals surface area contributed by atoms with Crippen LogP contribution in [0.3, 0.4) is 0 Å². The number of hydrogen-bond acceptors (Lipinski definition) is 1. The summed E-state index contributed by atoms with van der Waals surface area (Å²) in [6, 6.07) is 0. The van der Waals surface area contributed by atoms with Gasteiger partial charge in [-0.2, -0.15) is 0 Å². The average Bonchev–Trinajstić information content (AvgIpc) is 2.27. The van der Waals surface area contributed by atoms with Crippen molar-refractivity contribution >= 4 is 0 Å². The summed E-state index contributed by atoms with van der Waals surface area (Å²) in [7, 11) is 0. The Labute approximate surface area is 95.3 Å². The first-order valence-corrected chi connectivity index (χ1v) is 6.70. The lowest BCUT2D eigenvalue weighted by Gasteiger charge is -2.28. The van der Waals surface area contributed by atoms with Crippen LogP contribution < -0.4 is 0 Å². The molecule has 1 rings (SSSR count). The molecule has 0 heterocycles. The van der Waals surface area contributed by atoms with Gasteiger partial charge in [0.1, 0.15) is 0 Å². The molecule has 1 nitrogen and oxygen atoms in total. The van der Waals surface area contributed by atoms with Gasteiger partial charge in [-0.1, -0.05) is 46.5 Å². The van der Waals surface area contributed by atoms with Crippen LogP contribution in [0.15, 0.2) is 0 Å². The monoisotopic (exact) mass is 212 g/mol. The molecule has 1 saturated carbocycles. The van der Waals surface area contributed by atoms with Crippen LogP contribution in [0.1, 0.15) is 78.6 Å². The van der Waals surface area contributed by atoms with Gasteiger partial charge in [-0.05, 0) is 37.5 Å². The van der Waals surface area contributed by atoms with Crippen molar-refractivity contribution in [1.82, 2.24) is 0 Å². The van der Waals surface area contributed by atoms with E-state index < -0.39 is 0 Å². The smallest absolute Gasteiger partial charge is 0.0648 e. The van der Waals surface area contributed by atoms with Gasteiger partial charge in [0.2, 0.25) is 0 Å². The third-order valence-electron chi connectivity index (χ3n) is 4.01. The van der Waals surface area contributed by atoms with Crippen molar-refractivity contribution in [2.24, 2.45) is 5.41 Å². The van der Waals surface area contributed by atoms with Crippen molar-refractivity contribution in [3.8, 4) is 0 Å². The zero-order chi connectivity index (χ0) is 11.4. The Morgan fingerprint density at radius 3 is 2.40 bits per heavy atom. The first-order chi connectivity index (χ1) is 6.97. The lowest BCUT2D eigenvalue weighted by atomic mass is 9.83. The highest BCUT2D eigenvalue weighted by atomic mass is 16.3. The first-order valence-electron chi connectivity index (χ1n) is 6.70. The molecule has 0 bridgehead atoms. The predicted molar refractivity (Wildman–Crippen MR) is 66.0 cm³/mol. The number of unbranched alkanes of at least 4 members (excludes halogenated alkanes) is 2. The minimum atomic E-state index is -0.330. The molecule has 1 N–H and O–H groups in total. The van der Waals surface area contributed by atoms with E-state index >= 15 is 0 Å². The molecule has 0 aromatic carbocycles. The van der Waals surface area contributed by atoms with Crippen LogP contribution in [0.25, 0.3) is 0 Å². The Morgan fingerprint density at radius 1 is 1.00 bits per heavy atom. The van der Waals surface area contributed by atoms with E-state index in [2.05, 4.69) is 20.8 Å². The summed E-state index contributed by atoms with van der Waals surface area (Å²) < 4.78 is 0. The number of rotatable bonds is 4. The normalized spacial score (nSPS) is 31.2. The van der Waals surface area contributed by atoms with Crippen molar-refractivity contribution in [2.75, 3.05) is 0 Å². The topological polar surface area (TPSA) is 20.2 Å². The van der Waals surface area contributed by atoms with E-state index in [1.165, 1.54) is 38.5 Å². The van der Waals surface area contributed by atoms with Crippen molar-refractivity contribution in [2.45, 2.75) is 84.2 Å². The molecule has 0 aliphatic heterocycles. The average molecular weight is 212 g/mol. The fourth-order valence-electron chi connectivity index (χ4n) is 2.67. The second-order valence-corrected chi connectivity index (χ2v) is 6.20. The minimum absolute atomic E-state index is 0.330. The largest absolute Gasteiger partial charge is 0.390 e. The van der Waals surface area contributed by atoms with Gasteiger partial charge in [0.15, 0.2) is 0 Å². The van der Waals surface area contributed by atoms with Gasteiger partial charge >= 0.3 is 0 Å². The number of aliphatic hydroxyl groups is 1. The lowest BCUT2D eigenvalue weighted by molar-refractivity contribution is 0.0116.